The van der Waals surface area contributed by atoms with Crippen molar-refractivity contribution in [2.75, 3.05) is 40.5 Å². The minimum atomic E-state index is 0.0773. The Labute approximate surface area is 247 Å². The van der Waals surface area contributed by atoms with Gasteiger partial charge < -0.3 is 20.7 Å². The molecule has 1 atom stereocenters. The van der Waals surface area contributed by atoms with E-state index in [1.165, 1.54) is 23.7 Å². The van der Waals surface area contributed by atoms with Gasteiger partial charge in [-0.1, -0.05) is 18.2 Å². The van der Waals surface area contributed by atoms with Gasteiger partial charge in [0.2, 0.25) is 5.91 Å². The molecule has 11 nitrogen and oxygen atoms in total. The molecule has 1 aliphatic rings. The normalized spacial score (nSPS) is 13.1. The maximum Gasteiger partial charge on any atom is 0.218 e. The van der Waals surface area contributed by atoms with Crippen LogP contribution in [0.5, 0.6) is 0 Å². The van der Waals surface area contributed by atoms with E-state index in [4.69, 9.17) is 15.6 Å². The van der Waals surface area contributed by atoms with Crippen molar-refractivity contribution in [1.82, 2.24) is 34.6 Å². The number of hydrogen-bond acceptors (Lipinski definition) is 8. The summed E-state index contributed by atoms with van der Waals surface area (Å²) in [4.78, 5) is 20.0. The van der Waals surface area contributed by atoms with Crippen LogP contribution in [-0.2, 0) is 22.5 Å². The van der Waals surface area contributed by atoms with Crippen molar-refractivity contribution in [3.63, 3.8) is 0 Å². The molecule has 4 aromatic rings. The molecule has 1 aromatic carbocycles. The fourth-order valence-corrected chi connectivity index (χ4v) is 4.31. The van der Waals surface area contributed by atoms with Crippen molar-refractivity contribution >= 4 is 34.4 Å². The fraction of sp³-hybridized carbons (Fsp3) is 0.387. The van der Waals surface area contributed by atoms with Gasteiger partial charge in [0.15, 0.2) is 5.82 Å². The van der Waals surface area contributed by atoms with Gasteiger partial charge in [0.1, 0.15) is 11.8 Å². The van der Waals surface area contributed by atoms with Crippen molar-refractivity contribution in [1.29, 1.82) is 0 Å². The van der Waals surface area contributed by atoms with Gasteiger partial charge in [0, 0.05) is 69.3 Å². The molecule has 1 aliphatic heterocycles. The first-order valence-corrected chi connectivity index (χ1v) is 14.0. The molecular formula is C31H43N9O2. The number of carbonyl (C=O) groups is 1. The number of ether oxygens (including phenoxy) is 1. The van der Waals surface area contributed by atoms with E-state index in [1.807, 2.05) is 42.6 Å². The van der Waals surface area contributed by atoms with Crippen molar-refractivity contribution < 1.29 is 9.53 Å². The van der Waals surface area contributed by atoms with E-state index in [0.717, 1.165) is 52.6 Å². The third-order valence-corrected chi connectivity index (χ3v) is 6.43. The largest absolute Gasteiger partial charge is 0.382 e. The Balaban J connectivity index is 0.000000473. The predicted octanol–water partition coefficient (Wildman–Crippen LogP) is 4.14. The average Bonchev–Trinajstić information content (AvgIpc) is 3.41. The standard InChI is InChI=1S/C25H27N7O.C4H9NO.C2H7N/c1-3-33-17(2)11-21-13-22(24-25(26)28-16-29-32(21)24)19-6-7-20-15-31(30-23(20)12-19)14-18-5-4-9-27-10-8-18;1-4(6)5(2)3;1-3-2/h4,6-10,12-13,15-17H,3,5,11,14H2,1-2H3,(H2,26,28,29);1-3H3;3H,1-2H3. The molecule has 0 radical (unpaired) electrons. The molecule has 3 aromatic heterocycles. The Kier molecular flexibility index (Phi) is 11.9. The number of carbonyl (C=O) groups excluding carboxylic acids is 1. The number of nitrogens with one attached hydrogen (secondary N) is 1. The molecule has 42 heavy (non-hydrogen) atoms. The summed E-state index contributed by atoms with van der Waals surface area (Å²) < 4.78 is 9.62. The Hall–Kier alpha value is -4.35. The van der Waals surface area contributed by atoms with E-state index in [1.54, 1.807) is 14.1 Å². The van der Waals surface area contributed by atoms with E-state index in [-0.39, 0.29) is 12.0 Å². The van der Waals surface area contributed by atoms with Crippen LogP contribution in [0.15, 0.2) is 65.7 Å². The van der Waals surface area contributed by atoms with Crippen LogP contribution in [0.25, 0.3) is 27.5 Å². The number of hydrogen-bond donors (Lipinski definition) is 2. The van der Waals surface area contributed by atoms with Crippen LogP contribution in [0.2, 0.25) is 0 Å². The van der Waals surface area contributed by atoms with Crippen molar-refractivity contribution in [3.05, 3.63) is 66.4 Å². The molecule has 11 heteroatoms. The highest BCUT2D eigenvalue weighted by molar-refractivity contribution is 5.92. The molecule has 0 aliphatic carbocycles. The lowest BCUT2D eigenvalue weighted by Gasteiger charge is -2.10. The van der Waals surface area contributed by atoms with Crippen LogP contribution in [0, 0.1) is 0 Å². The smallest absolute Gasteiger partial charge is 0.218 e. The van der Waals surface area contributed by atoms with Gasteiger partial charge in [-0.25, -0.2) is 9.50 Å². The number of amides is 1. The maximum absolute atomic E-state index is 10.1. The minimum Gasteiger partial charge on any atom is -0.382 e. The summed E-state index contributed by atoms with van der Waals surface area (Å²) >= 11 is 0. The summed E-state index contributed by atoms with van der Waals surface area (Å²) in [6.45, 7) is 7.00. The number of benzene rings is 1. The van der Waals surface area contributed by atoms with E-state index < -0.39 is 0 Å². The van der Waals surface area contributed by atoms with Gasteiger partial charge in [0.25, 0.3) is 0 Å². The first-order chi connectivity index (χ1) is 20.2. The van der Waals surface area contributed by atoms with Crippen LogP contribution in [0.1, 0.15) is 32.9 Å². The molecule has 1 unspecified atom stereocenters. The Morgan fingerprint density at radius 2 is 1.98 bits per heavy atom. The van der Waals surface area contributed by atoms with Crippen LogP contribution < -0.4 is 11.1 Å². The second-order valence-electron chi connectivity index (χ2n) is 10.2. The quantitative estimate of drug-likeness (QED) is 0.340. The van der Waals surface area contributed by atoms with Gasteiger partial charge in [-0.3, -0.25) is 14.5 Å². The van der Waals surface area contributed by atoms with Gasteiger partial charge in [-0.05, 0) is 63.7 Å². The minimum absolute atomic E-state index is 0.0773. The van der Waals surface area contributed by atoms with Crippen molar-refractivity contribution in [3.8, 4) is 11.1 Å². The first-order valence-electron chi connectivity index (χ1n) is 14.0. The molecular weight excluding hydrogens is 530 g/mol. The summed E-state index contributed by atoms with van der Waals surface area (Å²) in [5.41, 5.74) is 12.4. The number of fused-ring (bicyclic) bond motifs is 2. The molecule has 224 valence electrons. The van der Waals surface area contributed by atoms with E-state index in [0.29, 0.717) is 12.4 Å². The van der Waals surface area contributed by atoms with Crippen LogP contribution in [0.4, 0.5) is 5.82 Å². The van der Waals surface area contributed by atoms with E-state index in [2.05, 4.69) is 69.9 Å². The molecule has 4 heterocycles. The Morgan fingerprint density at radius 1 is 1.24 bits per heavy atom. The zero-order valence-corrected chi connectivity index (χ0v) is 25.7. The van der Waals surface area contributed by atoms with Gasteiger partial charge in [0.05, 0.1) is 18.2 Å². The second-order valence-corrected chi connectivity index (χ2v) is 10.2. The third kappa shape index (κ3) is 8.58. The molecule has 0 saturated heterocycles. The van der Waals surface area contributed by atoms with Crippen molar-refractivity contribution in [2.24, 2.45) is 4.99 Å². The molecule has 0 bridgehead atoms. The van der Waals surface area contributed by atoms with E-state index in [9.17, 15) is 4.79 Å². The zero-order chi connectivity index (χ0) is 30.6. The van der Waals surface area contributed by atoms with Gasteiger partial charge in [-0.2, -0.15) is 10.2 Å². The lowest BCUT2D eigenvalue weighted by Crippen LogP contribution is -2.17. The molecule has 5 rings (SSSR count). The van der Waals surface area contributed by atoms with Crippen LogP contribution >= 0.6 is 0 Å². The fourth-order valence-electron chi connectivity index (χ4n) is 4.31. The summed E-state index contributed by atoms with van der Waals surface area (Å²) in [6.07, 6.45) is 13.0. The number of allylic oxidation sites excluding steroid dienone is 3. The zero-order valence-electron chi connectivity index (χ0n) is 25.7. The van der Waals surface area contributed by atoms with Crippen molar-refractivity contribution in [2.45, 2.75) is 46.3 Å². The average molecular weight is 574 g/mol. The number of nitrogens with two attached hydrogens (primary N) is 1. The SMILES string of the molecule is CC(=O)N(C)C.CCOC(C)Cc1cc(-c2ccc3cn(CC4=CC=NC=CC4)nc3c2)c2c(N)ncnn12.CNC. The lowest BCUT2D eigenvalue weighted by molar-refractivity contribution is -0.126. The Bertz CT molecular complexity index is 1560. The van der Waals surface area contributed by atoms with Gasteiger partial charge >= 0.3 is 0 Å². The Morgan fingerprint density at radius 3 is 2.67 bits per heavy atom. The summed E-state index contributed by atoms with van der Waals surface area (Å²) in [5.74, 6) is 0.547. The maximum atomic E-state index is 10.1. The van der Waals surface area contributed by atoms with Gasteiger partial charge in [-0.15, -0.1) is 0 Å². The molecule has 3 N–H and O–H groups in total. The van der Waals surface area contributed by atoms with E-state index >= 15 is 0 Å². The van der Waals surface area contributed by atoms with Crippen LogP contribution in [-0.4, -0.2) is 82.3 Å². The summed E-state index contributed by atoms with van der Waals surface area (Å²) in [7, 11) is 7.20. The number of nitrogens with zero attached hydrogens (tertiary/aromatic N) is 7. The molecule has 0 fully saturated rings. The van der Waals surface area contributed by atoms with Crippen LogP contribution in [0.3, 0.4) is 0 Å². The summed E-state index contributed by atoms with van der Waals surface area (Å²) in [6, 6.07) is 8.44. The monoisotopic (exact) mass is 573 g/mol. The number of nitrogen functional groups attached to an aromatic ring is 1. The first kappa shape index (κ1) is 32.2. The molecule has 0 spiro atoms. The lowest BCUT2D eigenvalue weighted by atomic mass is 10.0. The third-order valence-electron chi connectivity index (χ3n) is 6.43. The highest BCUT2D eigenvalue weighted by atomic mass is 16.5. The number of aliphatic imine (C=N–C) groups is 1. The number of rotatable bonds is 7. The number of aromatic nitrogens is 5. The number of anilines is 1. The topological polar surface area (TPSA) is 128 Å². The molecule has 1 amide bonds. The predicted molar refractivity (Wildman–Crippen MR) is 171 cm³/mol. The molecule has 0 saturated carbocycles. The summed E-state index contributed by atoms with van der Waals surface area (Å²) in [5, 5.41) is 13.1. The highest BCUT2D eigenvalue weighted by Crippen LogP contribution is 2.32. The highest BCUT2D eigenvalue weighted by Gasteiger charge is 2.18. The second kappa shape index (κ2) is 15.6.